The minimum absolute atomic E-state index is 0.212. The lowest BCUT2D eigenvalue weighted by atomic mass is 10.0. The zero-order chi connectivity index (χ0) is 21.4. The zero-order valence-electron chi connectivity index (χ0n) is 20.2. The third-order valence-electron chi connectivity index (χ3n) is 5.86. The summed E-state index contributed by atoms with van der Waals surface area (Å²) in [6, 6.07) is 0. The molecule has 0 unspecified atom stereocenters. The van der Waals surface area contributed by atoms with E-state index >= 15 is 0 Å². The number of unbranched alkanes of at least 4 members (excludes halogenated alkanes) is 15. The number of hydrogen-bond donors (Lipinski definition) is 0. The third kappa shape index (κ3) is 23.2. The van der Waals surface area contributed by atoms with Gasteiger partial charge < -0.3 is 0 Å². The van der Waals surface area contributed by atoms with Gasteiger partial charge in [-0.1, -0.05) is 108 Å². The molecule has 0 aliphatic rings. The number of carbonyl (C=O) groups is 1. The average molecular weight is 406 g/mol. The Morgan fingerprint density at radius 1 is 0.655 bits per heavy atom. The van der Waals surface area contributed by atoms with E-state index < -0.39 is 0 Å². The van der Waals surface area contributed by atoms with Crippen molar-refractivity contribution in [3.05, 3.63) is 11.6 Å². The summed E-state index contributed by atoms with van der Waals surface area (Å²) < 4.78 is 0. The lowest BCUT2D eigenvalue weighted by Crippen LogP contribution is -1.99. The van der Waals surface area contributed by atoms with Crippen LogP contribution < -0.4 is 0 Å². The quantitative estimate of drug-likeness (QED) is 0.100. The molecule has 0 bridgehead atoms. The lowest BCUT2D eigenvalue weighted by molar-refractivity contribution is -0.112. The highest BCUT2D eigenvalue weighted by molar-refractivity contribution is 6.27. The van der Waals surface area contributed by atoms with E-state index in [1.54, 1.807) is 6.21 Å². The standard InChI is InChI=1S/C27H51NO/c1-4-6-7-8-9-10-11-12-13-14-15-16-17-18-19-23-27(29)25-28-24-21-20-22-26(3)5-2/h5,25H,4,6-24H2,1-3H3/b26-5+,28-25?. The summed E-state index contributed by atoms with van der Waals surface area (Å²) in [6.07, 6.45) is 28.2. The molecule has 2 heteroatoms. The van der Waals surface area contributed by atoms with Crippen LogP contribution in [0.2, 0.25) is 0 Å². The normalized spacial score (nSPS) is 12.2. The van der Waals surface area contributed by atoms with Gasteiger partial charge in [-0.05, 0) is 39.5 Å². The molecule has 0 amide bonds. The van der Waals surface area contributed by atoms with Gasteiger partial charge in [0.05, 0.1) is 6.21 Å². The summed E-state index contributed by atoms with van der Waals surface area (Å²) >= 11 is 0. The highest BCUT2D eigenvalue weighted by atomic mass is 16.1. The monoisotopic (exact) mass is 405 g/mol. The van der Waals surface area contributed by atoms with Crippen LogP contribution >= 0.6 is 0 Å². The van der Waals surface area contributed by atoms with Crippen LogP contribution in [0, 0.1) is 0 Å². The molecule has 0 aliphatic heterocycles. The minimum Gasteiger partial charge on any atom is -0.293 e. The van der Waals surface area contributed by atoms with E-state index in [9.17, 15) is 4.79 Å². The van der Waals surface area contributed by atoms with Gasteiger partial charge >= 0.3 is 0 Å². The highest BCUT2D eigenvalue weighted by Gasteiger charge is 1.98. The van der Waals surface area contributed by atoms with Crippen molar-refractivity contribution in [3.8, 4) is 0 Å². The second-order valence-corrected chi connectivity index (χ2v) is 8.79. The molecule has 0 rings (SSSR count). The fourth-order valence-corrected chi connectivity index (χ4v) is 3.65. The van der Waals surface area contributed by atoms with Crippen LogP contribution in [0.1, 0.15) is 143 Å². The molecule has 0 fully saturated rings. The van der Waals surface area contributed by atoms with Crippen molar-refractivity contribution in [1.29, 1.82) is 0 Å². The Morgan fingerprint density at radius 2 is 1.10 bits per heavy atom. The number of allylic oxidation sites excluding steroid dienone is 2. The smallest absolute Gasteiger partial charge is 0.173 e. The highest BCUT2D eigenvalue weighted by Crippen LogP contribution is 2.13. The summed E-state index contributed by atoms with van der Waals surface area (Å²) in [6.45, 7) is 7.33. The van der Waals surface area contributed by atoms with Gasteiger partial charge in [0.15, 0.2) is 5.78 Å². The van der Waals surface area contributed by atoms with Crippen LogP contribution in [0.3, 0.4) is 0 Å². The van der Waals surface area contributed by atoms with Crippen LogP contribution in [-0.4, -0.2) is 18.5 Å². The van der Waals surface area contributed by atoms with Crippen molar-refractivity contribution in [2.24, 2.45) is 4.99 Å². The van der Waals surface area contributed by atoms with E-state index in [0.29, 0.717) is 6.42 Å². The molecule has 0 aromatic carbocycles. The minimum atomic E-state index is 0.212. The Hall–Kier alpha value is -0.920. The van der Waals surface area contributed by atoms with Crippen LogP contribution in [0.5, 0.6) is 0 Å². The SMILES string of the molecule is C/C=C(\C)CCCCN=CC(=O)CCCCCCCCCCCCCCCCC. The van der Waals surface area contributed by atoms with E-state index in [1.807, 2.05) is 0 Å². The Morgan fingerprint density at radius 3 is 1.59 bits per heavy atom. The fraction of sp³-hybridized carbons (Fsp3) is 0.852. The van der Waals surface area contributed by atoms with Crippen LogP contribution in [0.15, 0.2) is 16.6 Å². The summed E-state index contributed by atoms with van der Waals surface area (Å²) in [5.74, 6) is 0.212. The van der Waals surface area contributed by atoms with Crippen LogP contribution in [-0.2, 0) is 4.79 Å². The molecule has 0 radical (unpaired) electrons. The molecular formula is C27H51NO. The maximum absolute atomic E-state index is 11.8. The summed E-state index contributed by atoms with van der Waals surface area (Å²) in [7, 11) is 0. The molecule has 2 nitrogen and oxygen atoms in total. The fourth-order valence-electron chi connectivity index (χ4n) is 3.65. The van der Waals surface area contributed by atoms with Crippen molar-refractivity contribution in [2.45, 2.75) is 143 Å². The maximum Gasteiger partial charge on any atom is 0.173 e. The van der Waals surface area contributed by atoms with Crippen LogP contribution in [0.4, 0.5) is 0 Å². The Kier molecular flexibility index (Phi) is 22.6. The van der Waals surface area contributed by atoms with Gasteiger partial charge in [-0.15, -0.1) is 0 Å². The second kappa shape index (κ2) is 23.4. The van der Waals surface area contributed by atoms with E-state index in [0.717, 1.165) is 25.8 Å². The lowest BCUT2D eigenvalue weighted by Gasteiger charge is -2.03. The molecule has 170 valence electrons. The Labute approximate surface area is 183 Å². The van der Waals surface area contributed by atoms with E-state index in [-0.39, 0.29) is 5.78 Å². The summed E-state index contributed by atoms with van der Waals surface area (Å²) in [5, 5.41) is 0. The molecule has 29 heavy (non-hydrogen) atoms. The number of rotatable bonds is 22. The van der Waals surface area contributed by atoms with Crippen molar-refractivity contribution in [1.82, 2.24) is 0 Å². The molecule has 0 saturated carbocycles. The molecule has 0 saturated heterocycles. The van der Waals surface area contributed by atoms with Crippen molar-refractivity contribution >= 4 is 12.0 Å². The first-order valence-corrected chi connectivity index (χ1v) is 12.8. The average Bonchev–Trinajstić information content (AvgIpc) is 2.73. The molecule has 0 aromatic heterocycles. The predicted molar refractivity (Wildman–Crippen MR) is 131 cm³/mol. The van der Waals surface area contributed by atoms with Crippen molar-refractivity contribution < 1.29 is 4.79 Å². The van der Waals surface area contributed by atoms with Crippen molar-refractivity contribution in [2.75, 3.05) is 6.54 Å². The van der Waals surface area contributed by atoms with Crippen molar-refractivity contribution in [3.63, 3.8) is 0 Å². The van der Waals surface area contributed by atoms with Gasteiger partial charge in [0.2, 0.25) is 0 Å². The zero-order valence-corrected chi connectivity index (χ0v) is 20.2. The number of ketones is 1. The first kappa shape index (κ1) is 28.1. The molecule has 0 aliphatic carbocycles. The molecule has 0 spiro atoms. The number of Topliss-reactive ketones (excluding diaryl/α,β-unsaturated/α-hetero) is 1. The molecule has 0 atom stereocenters. The summed E-state index contributed by atoms with van der Waals surface area (Å²) in [5.41, 5.74) is 1.44. The molecule has 0 heterocycles. The number of carbonyl (C=O) groups excluding carboxylic acids is 1. The third-order valence-corrected chi connectivity index (χ3v) is 5.86. The molecular weight excluding hydrogens is 354 g/mol. The van der Waals surface area contributed by atoms with Gasteiger partial charge in [0, 0.05) is 13.0 Å². The van der Waals surface area contributed by atoms with E-state index in [1.165, 1.54) is 102 Å². The van der Waals surface area contributed by atoms with Gasteiger partial charge in [-0.2, -0.15) is 0 Å². The maximum atomic E-state index is 11.8. The Bertz CT molecular complexity index is 411. The second-order valence-electron chi connectivity index (χ2n) is 8.79. The summed E-state index contributed by atoms with van der Waals surface area (Å²) in [4.78, 5) is 16.1. The van der Waals surface area contributed by atoms with Gasteiger partial charge in [-0.3, -0.25) is 9.79 Å². The van der Waals surface area contributed by atoms with Gasteiger partial charge in [0.1, 0.15) is 0 Å². The first-order chi connectivity index (χ1) is 14.2. The molecule has 0 N–H and O–H groups in total. The number of nitrogens with zero attached hydrogens (tertiary/aromatic N) is 1. The van der Waals surface area contributed by atoms with E-state index in [4.69, 9.17) is 0 Å². The predicted octanol–water partition coefficient (Wildman–Crippen LogP) is 9.02. The first-order valence-electron chi connectivity index (χ1n) is 12.8. The van der Waals surface area contributed by atoms with Gasteiger partial charge in [0.25, 0.3) is 0 Å². The number of aliphatic imine (C=N–C) groups is 1. The largest absolute Gasteiger partial charge is 0.293 e. The number of hydrogen-bond acceptors (Lipinski definition) is 2. The topological polar surface area (TPSA) is 29.4 Å². The van der Waals surface area contributed by atoms with Crippen LogP contribution in [0.25, 0.3) is 0 Å². The van der Waals surface area contributed by atoms with E-state index in [2.05, 4.69) is 31.8 Å². The van der Waals surface area contributed by atoms with Gasteiger partial charge in [-0.25, -0.2) is 0 Å². The molecule has 0 aromatic rings. The Balaban J connectivity index is 3.25.